The van der Waals surface area contributed by atoms with Crippen LogP contribution in [0.3, 0.4) is 0 Å². The normalized spacial score (nSPS) is 10.2. The third-order valence-corrected chi connectivity index (χ3v) is 4.44. The third kappa shape index (κ3) is 5.52. The van der Waals surface area contributed by atoms with Crippen molar-refractivity contribution in [1.82, 2.24) is 15.5 Å². The van der Waals surface area contributed by atoms with Crippen LogP contribution >= 0.6 is 11.3 Å². The van der Waals surface area contributed by atoms with E-state index in [1.165, 1.54) is 0 Å². The van der Waals surface area contributed by atoms with Gasteiger partial charge in [0, 0.05) is 11.4 Å². The Morgan fingerprint density at radius 3 is 2.39 bits per heavy atom. The molecule has 0 saturated carbocycles. The molecule has 3 aromatic rings. The molecule has 0 aliphatic rings. The largest absolute Gasteiger partial charge is 0.494 e. The zero-order chi connectivity index (χ0) is 19.8. The van der Waals surface area contributed by atoms with Crippen LogP contribution in [0.2, 0.25) is 0 Å². The quantitative estimate of drug-likeness (QED) is 0.566. The number of hydrogen-bond donors (Lipinski definition) is 3. The first-order valence-corrected chi connectivity index (χ1v) is 9.42. The van der Waals surface area contributed by atoms with Gasteiger partial charge in [-0.25, -0.2) is 4.79 Å². The van der Waals surface area contributed by atoms with Crippen LogP contribution in [0, 0.1) is 0 Å². The van der Waals surface area contributed by atoms with E-state index in [2.05, 4.69) is 26.1 Å². The number of aromatic nitrogens is 2. The maximum Gasteiger partial charge on any atom is 0.319 e. The lowest BCUT2D eigenvalue weighted by atomic mass is 10.3. The molecule has 0 aliphatic carbocycles. The van der Waals surface area contributed by atoms with Crippen molar-refractivity contribution in [2.24, 2.45) is 0 Å². The van der Waals surface area contributed by atoms with Crippen molar-refractivity contribution in [3.63, 3.8) is 0 Å². The summed E-state index contributed by atoms with van der Waals surface area (Å²) in [6, 6.07) is 15.8. The minimum atomic E-state index is -0.380. The fourth-order valence-electron chi connectivity index (χ4n) is 2.26. The molecule has 8 nitrogen and oxygen atoms in total. The van der Waals surface area contributed by atoms with Crippen molar-refractivity contribution < 1.29 is 14.3 Å². The molecule has 9 heteroatoms. The van der Waals surface area contributed by atoms with Crippen LogP contribution in [0.25, 0.3) is 0 Å². The number of urea groups is 1. The van der Waals surface area contributed by atoms with E-state index >= 15 is 0 Å². The van der Waals surface area contributed by atoms with Gasteiger partial charge in [-0.3, -0.25) is 4.79 Å². The maximum absolute atomic E-state index is 12.2. The Hall–Kier alpha value is -3.46. The second-order valence-electron chi connectivity index (χ2n) is 5.59. The number of benzene rings is 2. The highest BCUT2D eigenvalue weighted by Crippen LogP contribution is 2.16. The fraction of sp³-hybridized carbons (Fsp3) is 0.158. The van der Waals surface area contributed by atoms with Crippen molar-refractivity contribution in [3.8, 4) is 5.75 Å². The van der Waals surface area contributed by atoms with Gasteiger partial charge in [-0.05, 0) is 43.3 Å². The predicted molar refractivity (Wildman–Crippen MR) is 108 cm³/mol. The standard InChI is InChI=1S/C19H19N5O3S/c1-2-27-15-10-8-14(9-11-15)22-19(26)20-12-16-23-24-18(28-16)17(25)21-13-6-4-3-5-7-13/h3-11H,2,12H2,1H3,(H,21,25)(H2,20,22,26). The number of carbonyl (C=O) groups excluding carboxylic acids is 2. The highest BCUT2D eigenvalue weighted by molar-refractivity contribution is 7.13. The van der Waals surface area contributed by atoms with Crippen LogP contribution in [0.1, 0.15) is 21.7 Å². The lowest BCUT2D eigenvalue weighted by Gasteiger charge is -2.07. The lowest BCUT2D eigenvalue weighted by Crippen LogP contribution is -2.28. The zero-order valence-electron chi connectivity index (χ0n) is 15.1. The number of carbonyl (C=O) groups is 2. The molecule has 1 aromatic heterocycles. The van der Waals surface area contributed by atoms with Gasteiger partial charge < -0.3 is 20.7 Å². The van der Waals surface area contributed by atoms with Gasteiger partial charge in [0.2, 0.25) is 5.01 Å². The van der Waals surface area contributed by atoms with Crippen molar-refractivity contribution in [3.05, 3.63) is 64.6 Å². The highest BCUT2D eigenvalue weighted by Gasteiger charge is 2.13. The molecule has 0 unspecified atom stereocenters. The number of hydrogen-bond acceptors (Lipinski definition) is 6. The van der Waals surface area contributed by atoms with Crippen molar-refractivity contribution >= 4 is 34.6 Å². The SMILES string of the molecule is CCOc1ccc(NC(=O)NCc2nnc(C(=O)Nc3ccccc3)s2)cc1. The Labute approximate surface area is 166 Å². The molecule has 1 heterocycles. The Morgan fingerprint density at radius 2 is 1.68 bits per heavy atom. The molecule has 3 amide bonds. The van der Waals surface area contributed by atoms with Gasteiger partial charge in [0.15, 0.2) is 0 Å². The second kappa shape index (κ2) is 9.47. The first-order valence-electron chi connectivity index (χ1n) is 8.60. The summed E-state index contributed by atoms with van der Waals surface area (Å²) < 4.78 is 5.36. The van der Waals surface area contributed by atoms with Crippen molar-refractivity contribution in [2.75, 3.05) is 17.2 Å². The molecular weight excluding hydrogens is 378 g/mol. The van der Waals surface area contributed by atoms with E-state index in [0.717, 1.165) is 17.1 Å². The summed E-state index contributed by atoms with van der Waals surface area (Å²) in [5, 5.41) is 16.7. The smallest absolute Gasteiger partial charge is 0.319 e. The van der Waals surface area contributed by atoms with Crippen LogP contribution in [-0.4, -0.2) is 28.7 Å². The monoisotopic (exact) mass is 397 g/mol. The Kier molecular flexibility index (Phi) is 6.53. The highest BCUT2D eigenvalue weighted by atomic mass is 32.1. The topological polar surface area (TPSA) is 105 Å². The average molecular weight is 397 g/mol. The summed E-state index contributed by atoms with van der Waals surface area (Å²) in [6.45, 7) is 2.66. The Morgan fingerprint density at radius 1 is 0.964 bits per heavy atom. The van der Waals surface area contributed by atoms with E-state index in [1.807, 2.05) is 25.1 Å². The lowest BCUT2D eigenvalue weighted by molar-refractivity contribution is 0.102. The molecule has 3 rings (SSSR count). The number of ether oxygens (including phenoxy) is 1. The van der Waals surface area contributed by atoms with Crippen LogP contribution in [0.4, 0.5) is 16.2 Å². The van der Waals surface area contributed by atoms with E-state index in [1.54, 1.807) is 36.4 Å². The third-order valence-electron chi connectivity index (χ3n) is 3.52. The summed E-state index contributed by atoms with van der Waals surface area (Å²) >= 11 is 1.12. The Bertz CT molecular complexity index is 928. The molecule has 144 valence electrons. The molecule has 0 radical (unpaired) electrons. The van der Waals surface area contributed by atoms with Crippen LogP contribution < -0.4 is 20.7 Å². The zero-order valence-corrected chi connectivity index (χ0v) is 16.0. The average Bonchev–Trinajstić information content (AvgIpc) is 3.18. The number of para-hydroxylation sites is 1. The molecule has 28 heavy (non-hydrogen) atoms. The molecule has 0 spiro atoms. The molecule has 0 bridgehead atoms. The molecule has 0 aliphatic heterocycles. The van der Waals surface area contributed by atoms with E-state index in [9.17, 15) is 9.59 Å². The van der Waals surface area contributed by atoms with E-state index in [0.29, 0.717) is 23.0 Å². The van der Waals surface area contributed by atoms with Crippen molar-refractivity contribution in [1.29, 1.82) is 0 Å². The van der Waals surface area contributed by atoms with E-state index < -0.39 is 0 Å². The molecular formula is C19H19N5O3S. The van der Waals surface area contributed by atoms with Gasteiger partial charge in [0.1, 0.15) is 10.8 Å². The fourth-order valence-corrected chi connectivity index (χ4v) is 2.93. The van der Waals surface area contributed by atoms with Gasteiger partial charge in [0.25, 0.3) is 5.91 Å². The minimum absolute atomic E-state index is 0.166. The van der Waals surface area contributed by atoms with Gasteiger partial charge in [-0.1, -0.05) is 29.5 Å². The molecule has 0 fully saturated rings. The minimum Gasteiger partial charge on any atom is -0.494 e. The van der Waals surface area contributed by atoms with E-state index in [-0.39, 0.29) is 23.5 Å². The summed E-state index contributed by atoms with van der Waals surface area (Å²) in [6.07, 6.45) is 0. The first kappa shape index (κ1) is 19.3. The number of rotatable bonds is 7. The Balaban J connectivity index is 1.48. The summed E-state index contributed by atoms with van der Waals surface area (Å²) in [4.78, 5) is 24.2. The molecule has 0 atom stereocenters. The number of anilines is 2. The second-order valence-corrected chi connectivity index (χ2v) is 6.65. The predicted octanol–water partition coefficient (Wildman–Crippen LogP) is 3.51. The van der Waals surface area contributed by atoms with Gasteiger partial charge in [-0.15, -0.1) is 10.2 Å². The maximum atomic E-state index is 12.2. The molecule has 2 aromatic carbocycles. The number of nitrogens with one attached hydrogen (secondary N) is 3. The number of amides is 3. The van der Waals surface area contributed by atoms with Crippen LogP contribution in [-0.2, 0) is 6.54 Å². The summed E-state index contributed by atoms with van der Waals surface area (Å²) in [5.41, 5.74) is 1.32. The van der Waals surface area contributed by atoms with Gasteiger partial charge >= 0.3 is 6.03 Å². The summed E-state index contributed by atoms with van der Waals surface area (Å²) in [7, 11) is 0. The van der Waals surface area contributed by atoms with Crippen LogP contribution in [0.5, 0.6) is 5.75 Å². The van der Waals surface area contributed by atoms with Crippen molar-refractivity contribution in [2.45, 2.75) is 13.5 Å². The van der Waals surface area contributed by atoms with E-state index in [4.69, 9.17) is 4.74 Å². The number of nitrogens with zero attached hydrogens (tertiary/aromatic N) is 2. The van der Waals surface area contributed by atoms with Gasteiger partial charge in [0.05, 0.1) is 13.2 Å². The van der Waals surface area contributed by atoms with Crippen LogP contribution in [0.15, 0.2) is 54.6 Å². The first-order chi connectivity index (χ1) is 13.6. The summed E-state index contributed by atoms with van der Waals surface area (Å²) in [5.74, 6) is 0.400. The van der Waals surface area contributed by atoms with Gasteiger partial charge in [-0.2, -0.15) is 0 Å². The molecule has 3 N–H and O–H groups in total. The molecule has 0 saturated heterocycles.